The molecule has 0 aromatic rings. The third-order valence-electron chi connectivity index (χ3n) is 14.1. The van der Waals surface area contributed by atoms with E-state index in [1.54, 1.807) is 0 Å². The summed E-state index contributed by atoms with van der Waals surface area (Å²) in [6.07, 6.45) is 96.0. The lowest BCUT2D eigenvalue weighted by Crippen LogP contribution is -2.30. The van der Waals surface area contributed by atoms with Crippen LogP contribution in [0.4, 0.5) is 0 Å². The second kappa shape index (κ2) is 68.1. The van der Waals surface area contributed by atoms with Crippen LogP contribution in [0.1, 0.15) is 303 Å². The molecule has 6 nitrogen and oxygen atoms in total. The van der Waals surface area contributed by atoms with Gasteiger partial charge in [0.05, 0.1) is 0 Å². The van der Waals surface area contributed by atoms with Crippen LogP contribution >= 0.6 is 0 Å². The van der Waals surface area contributed by atoms with Gasteiger partial charge in [0.1, 0.15) is 13.2 Å². The minimum atomic E-state index is -0.799. The molecule has 6 heteroatoms. The highest BCUT2D eigenvalue weighted by Gasteiger charge is 2.19. The SMILES string of the molecule is CC/C=C\C/C=C\C/C=C\C/C=C\C/C=C\C/C=C\C/C=C\CCCCCCCCCCCC(=O)OCC(COC(=O)CCCCCCC/C=C\C/C=C\CCCCCC)OC(=O)CCCCCCC/C=C\C/C=C\CCCCCC. The summed E-state index contributed by atoms with van der Waals surface area (Å²) in [5.74, 6) is -0.922. The van der Waals surface area contributed by atoms with Crippen molar-refractivity contribution < 1.29 is 28.6 Å². The lowest BCUT2D eigenvalue weighted by atomic mass is 10.1. The van der Waals surface area contributed by atoms with Gasteiger partial charge >= 0.3 is 17.9 Å². The number of hydrogen-bond donors (Lipinski definition) is 0. The number of unbranched alkanes of at least 4 members (excludes halogenated alkanes) is 27. The van der Waals surface area contributed by atoms with Gasteiger partial charge < -0.3 is 14.2 Å². The Labute approximate surface area is 500 Å². The summed E-state index contributed by atoms with van der Waals surface area (Å²) in [6, 6.07) is 0. The Balaban J connectivity index is 4.35. The minimum absolute atomic E-state index is 0.0941. The number of carbonyl (C=O) groups is 3. The number of esters is 3. The molecule has 0 heterocycles. The van der Waals surface area contributed by atoms with Crippen LogP contribution < -0.4 is 0 Å². The van der Waals surface area contributed by atoms with Crippen molar-refractivity contribution in [2.24, 2.45) is 0 Å². The summed E-state index contributed by atoms with van der Waals surface area (Å²) in [7, 11) is 0. The summed E-state index contributed by atoms with van der Waals surface area (Å²) >= 11 is 0. The van der Waals surface area contributed by atoms with Gasteiger partial charge in [0.15, 0.2) is 6.10 Å². The lowest BCUT2D eigenvalue weighted by molar-refractivity contribution is -0.167. The van der Waals surface area contributed by atoms with Crippen LogP contribution in [0.25, 0.3) is 0 Å². The Kier molecular flexibility index (Phi) is 64.3. The van der Waals surface area contributed by atoms with E-state index in [0.717, 1.165) is 161 Å². The molecule has 0 rings (SSSR count). The Morgan fingerprint density at radius 2 is 0.481 bits per heavy atom. The molecule has 1 atom stereocenters. The van der Waals surface area contributed by atoms with Crippen LogP contribution in [-0.4, -0.2) is 37.2 Å². The van der Waals surface area contributed by atoms with E-state index in [-0.39, 0.29) is 31.1 Å². The lowest BCUT2D eigenvalue weighted by Gasteiger charge is -2.18. The van der Waals surface area contributed by atoms with Gasteiger partial charge in [0.2, 0.25) is 0 Å². The third kappa shape index (κ3) is 66.2. The summed E-state index contributed by atoms with van der Waals surface area (Å²) in [6.45, 7) is 6.48. The maximum absolute atomic E-state index is 12.9. The zero-order chi connectivity index (χ0) is 58.5. The van der Waals surface area contributed by atoms with E-state index in [2.05, 4.69) is 154 Å². The highest BCUT2D eigenvalue weighted by molar-refractivity contribution is 5.71. The van der Waals surface area contributed by atoms with Crippen molar-refractivity contribution in [2.45, 2.75) is 309 Å². The Morgan fingerprint density at radius 1 is 0.259 bits per heavy atom. The second-order valence-corrected chi connectivity index (χ2v) is 22.0. The molecule has 0 saturated carbocycles. The van der Waals surface area contributed by atoms with Crippen molar-refractivity contribution in [2.75, 3.05) is 13.2 Å². The standard InChI is InChI=1S/C75H124O6/c1-4-7-10-13-16-19-22-25-28-31-32-33-34-35-36-37-38-39-40-41-42-43-44-45-48-50-53-56-59-62-65-68-74(77)80-71-72(81-75(78)69-66-63-60-57-54-51-47-30-27-24-21-18-15-12-9-6-3)70-79-73(76)67-64-61-58-55-52-49-46-29-26-23-20-17-14-11-8-5-2/h7,10,16,19-21,23-25,28-30,32-33,35-36,38-39,41-42,46-47,72H,4-6,8-9,11-15,17-18,22,26-27,31,34,37,40,43-45,48-71H2,1-3H3/b10-7-,19-16-,23-20-,24-21-,28-25-,33-32-,36-35-,39-38-,42-41-,46-29-,47-30-. The van der Waals surface area contributed by atoms with Gasteiger partial charge in [-0.3, -0.25) is 14.4 Å². The molecule has 0 aromatic carbocycles. The molecule has 0 fully saturated rings. The molecule has 460 valence electrons. The monoisotopic (exact) mass is 1120 g/mol. The van der Waals surface area contributed by atoms with Crippen LogP contribution in [0.5, 0.6) is 0 Å². The number of ether oxygens (including phenoxy) is 3. The molecule has 0 aliphatic carbocycles. The zero-order valence-electron chi connectivity index (χ0n) is 52.8. The average Bonchev–Trinajstić information content (AvgIpc) is 3.47. The number of carbonyl (C=O) groups excluding carboxylic acids is 3. The van der Waals surface area contributed by atoms with E-state index < -0.39 is 6.10 Å². The predicted molar refractivity (Wildman–Crippen MR) is 353 cm³/mol. The Morgan fingerprint density at radius 3 is 0.753 bits per heavy atom. The zero-order valence-corrected chi connectivity index (χ0v) is 52.8. The van der Waals surface area contributed by atoms with Crippen molar-refractivity contribution >= 4 is 17.9 Å². The highest BCUT2D eigenvalue weighted by Crippen LogP contribution is 2.15. The maximum atomic E-state index is 12.9. The van der Waals surface area contributed by atoms with E-state index in [1.807, 2.05) is 0 Å². The fraction of sp³-hybridized carbons (Fsp3) is 0.667. The summed E-state index contributed by atoms with van der Waals surface area (Å²) in [5, 5.41) is 0. The number of allylic oxidation sites excluding steroid dienone is 22. The first-order valence-corrected chi connectivity index (χ1v) is 33.7. The second-order valence-electron chi connectivity index (χ2n) is 22.0. The Bertz CT molecular complexity index is 1720. The summed E-state index contributed by atoms with van der Waals surface area (Å²) < 4.78 is 16.9. The molecule has 0 bridgehead atoms. The summed E-state index contributed by atoms with van der Waals surface area (Å²) in [5.41, 5.74) is 0. The molecular weight excluding hydrogens is 997 g/mol. The molecule has 0 N–H and O–H groups in total. The highest BCUT2D eigenvalue weighted by atomic mass is 16.6. The van der Waals surface area contributed by atoms with Crippen molar-refractivity contribution in [3.05, 3.63) is 134 Å². The largest absolute Gasteiger partial charge is 0.462 e. The molecule has 0 saturated heterocycles. The Hall–Kier alpha value is -4.45. The summed E-state index contributed by atoms with van der Waals surface area (Å²) in [4.78, 5) is 38.4. The van der Waals surface area contributed by atoms with E-state index in [1.165, 1.54) is 103 Å². The van der Waals surface area contributed by atoms with Gasteiger partial charge in [-0.15, -0.1) is 0 Å². The van der Waals surface area contributed by atoms with Gasteiger partial charge in [0, 0.05) is 19.3 Å². The van der Waals surface area contributed by atoms with Crippen LogP contribution in [0.2, 0.25) is 0 Å². The molecule has 0 spiro atoms. The topological polar surface area (TPSA) is 78.9 Å². The molecule has 0 aliphatic rings. The molecule has 0 radical (unpaired) electrons. The van der Waals surface area contributed by atoms with Crippen molar-refractivity contribution in [3.63, 3.8) is 0 Å². The molecule has 0 aromatic heterocycles. The predicted octanol–water partition coefficient (Wildman–Crippen LogP) is 23.3. The van der Waals surface area contributed by atoms with Crippen molar-refractivity contribution in [1.29, 1.82) is 0 Å². The first-order valence-electron chi connectivity index (χ1n) is 33.7. The van der Waals surface area contributed by atoms with E-state index in [0.29, 0.717) is 19.3 Å². The molecule has 0 aliphatic heterocycles. The van der Waals surface area contributed by atoms with E-state index >= 15 is 0 Å². The van der Waals surface area contributed by atoms with E-state index in [4.69, 9.17) is 14.2 Å². The third-order valence-corrected chi connectivity index (χ3v) is 14.1. The smallest absolute Gasteiger partial charge is 0.306 e. The first-order chi connectivity index (χ1) is 40.0. The van der Waals surface area contributed by atoms with Gasteiger partial charge in [0.25, 0.3) is 0 Å². The fourth-order valence-electron chi connectivity index (χ4n) is 9.07. The van der Waals surface area contributed by atoms with E-state index in [9.17, 15) is 14.4 Å². The van der Waals surface area contributed by atoms with Crippen LogP contribution in [0.15, 0.2) is 134 Å². The normalized spacial score (nSPS) is 13.0. The van der Waals surface area contributed by atoms with Crippen molar-refractivity contribution in [3.8, 4) is 0 Å². The molecule has 81 heavy (non-hydrogen) atoms. The van der Waals surface area contributed by atoms with Crippen LogP contribution in [0, 0.1) is 0 Å². The molecular formula is C75H124O6. The van der Waals surface area contributed by atoms with Crippen LogP contribution in [-0.2, 0) is 28.6 Å². The molecule has 1 unspecified atom stereocenters. The molecule has 0 amide bonds. The fourth-order valence-corrected chi connectivity index (χ4v) is 9.07. The van der Waals surface area contributed by atoms with Gasteiger partial charge in [-0.1, -0.05) is 276 Å². The van der Waals surface area contributed by atoms with Crippen LogP contribution in [0.3, 0.4) is 0 Å². The quantitative estimate of drug-likeness (QED) is 0.0261. The average molecular weight is 1120 g/mol. The first kappa shape index (κ1) is 76.5. The van der Waals surface area contributed by atoms with Gasteiger partial charge in [-0.25, -0.2) is 0 Å². The van der Waals surface area contributed by atoms with Gasteiger partial charge in [-0.2, -0.15) is 0 Å². The number of hydrogen-bond acceptors (Lipinski definition) is 6. The number of rotatable bonds is 60. The maximum Gasteiger partial charge on any atom is 0.306 e. The van der Waals surface area contributed by atoms with Gasteiger partial charge in [-0.05, 0) is 141 Å². The van der Waals surface area contributed by atoms with Crippen molar-refractivity contribution in [1.82, 2.24) is 0 Å². The minimum Gasteiger partial charge on any atom is -0.462 e.